The molecule has 0 unspecified atom stereocenters. The standard InChI is InChI=1S/C23H21N3O6/c1-13(27)18(22(29)32-23(2,3)4)19-16-10-5-6-11-17(16)20(24-19)25-21(28)14-8-7-9-15(12-14)26(30)31/h5-12,27H,1-4H3/b18-13+,25-20?. The number of allylic oxidation sites excluding steroid dienone is 1. The van der Waals surface area contributed by atoms with Crippen LogP contribution in [-0.2, 0) is 9.53 Å². The summed E-state index contributed by atoms with van der Waals surface area (Å²) in [4.78, 5) is 44.2. The Kier molecular flexibility index (Phi) is 6.02. The van der Waals surface area contributed by atoms with Crippen LogP contribution in [-0.4, -0.2) is 39.1 Å². The van der Waals surface area contributed by atoms with Gasteiger partial charge >= 0.3 is 5.97 Å². The van der Waals surface area contributed by atoms with E-state index in [2.05, 4.69) is 9.98 Å². The predicted octanol–water partition coefficient (Wildman–Crippen LogP) is 4.16. The Morgan fingerprint density at radius 2 is 1.75 bits per heavy atom. The molecular formula is C23H21N3O6. The normalized spacial score (nSPS) is 15.0. The van der Waals surface area contributed by atoms with E-state index < -0.39 is 22.4 Å². The second kappa shape index (κ2) is 8.54. The summed E-state index contributed by atoms with van der Waals surface area (Å²) in [7, 11) is 0. The van der Waals surface area contributed by atoms with Crippen molar-refractivity contribution < 1.29 is 24.4 Å². The molecule has 164 valence electrons. The molecule has 2 aromatic carbocycles. The molecule has 0 saturated carbocycles. The lowest BCUT2D eigenvalue weighted by molar-refractivity contribution is -0.384. The Labute approximate surface area is 183 Å². The minimum Gasteiger partial charge on any atom is -0.512 e. The number of amides is 1. The van der Waals surface area contributed by atoms with E-state index in [1.54, 1.807) is 45.0 Å². The molecule has 1 aliphatic heterocycles. The lowest BCUT2D eigenvalue weighted by Crippen LogP contribution is -2.28. The van der Waals surface area contributed by atoms with Crippen molar-refractivity contribution in [3.8, 4) is 0 Å². The molecule has 0 spiro atoms. The number of carbonyl (C=O) groups excluding carboxylic acids is 2. The van der Waals surface area contributed by atoms with Crippen LogP contribution in [0.3, 0.4) is 0 Å². The number of non-ortho nitro benzene ring substituents is 1. The maximum atomic E-state index is 12.8. The summed E-state index contributed by atoms with van der Waals surface area (Å²) in [6.45, 7) is 6.44. The van der Waals surface area contributed by atoms with Gasteiger partial charge in [0.25, 0.3) is 11.6 Å². The Bertz CT molecular complexity index is 1210. The van der Waals surface area contributed by atoms with Crippen molar-refractivity contribution in [3.63, 3.8) is 0 Å². The molecule has 2 aromatic rings. The zero-order valence-electron chi connectivity index (χ0n) is 17.9. The molecule has 9 nitrogen and oxygen atoms in total. The van der Waals surface area contributed by atoms with Crippen LogP contribution >= 0.6 is 0 Å². The Morgan fingerprint density at radius 1 is 1.09 bits per heavy atom. The first-order chi connectivity index (χ1) is 15.0. The number of rotatable bonds is 4. The molecule has 9 heteroatoms. The van der Waals surface area contributed by atoms with Gasteiger partial charge in [0.15, 0.2) is 5.84 Å². The zero-order chi connectivity index (χ0) is 23.6. The Morgan fingerprint density at radius 3 is 2.34 bits per heavy atom. The van der Waals surface area contributed by atoms with Crippen molar-refractivity contribution in [2.75, 3.05) is 0 Å². The third-order valence-electron chi connectivity index (χ3n) is 4.35. The van der Waals surface area contributed by atoms with Crippen molar-refractivity contribution in [1.82, 2.24) is 0 Å². The quantitative estimate of drug-likeness (QED) is 0.252. The molecule has 0 fully saturated rings. The Hall–Kier alpha value is -4.14. The number of ether oxygens (including phenoxy) is 1. The van der Waals surface area contributed by atoms with Gasteiger partial charge in [-0.2, -0.15) is 4.99 Å². The van der Waals surface area contributed by atoms with Crippen LogP contribution in [0.25, 0.3) is 0 Å². The van der Waals surface area contributed by atoms with Crippen molar-refractivity contribution in [3.05, 3.63) is 86.7 Å². The number of esters is 1. The van der Waals surface area contributed by atoms with Crippen molar-refractivity contribution in [2.24, 2.45) is 9.98 Å². The predicted molar refractivity (Wildman–Crippen MR) is 118 cm³/mol. The summed E-state index contributed by atoms with van der Waals surface area (Å²) in [6, 6.07) is 12.0. The summed E-state index contributed by atoms with van der Waals surface area (Å²) in [5.41, 5.74) is -0.0605. The van der Waals surface area contributed by atoms with E-state index in [0.717, 1.165) is 6.07 Å². The van der Waals surface area contributed by atoms with Gasteiger partial charge in [-0.05, 0) is 33.8 Å². The topological polar surface area (TPSA) is 131 Å². The van der Waals surface area contributed by atoms with Gasteiger partial charge in [-0.15, -0.1) is 0 Å². The highest BCUT2D eigenvalue weighted by Gasteiger charge is 2.32. The SMILES string of the molecule is C/C(O)=C(\C(=O)OC(C)(C)C)C1=NC(=NC(=O)c2cccc([N+](=O)[O-])c2)c2ccccc21. The van der Waals surface area contributed by atoms with E-state index in [1.165, 1.54) is 25.1 Å². The van der Waals surface area contributed by atoms with E-state index in [4.69, 9.17) is 4.74 Å². The summed E-state index contributed by atoms with van der Waals surface area (Å²) in [5, 5.41) is 21.2. The fraction of sp³-hybridized carbons (Fsp3) is 0.217. The number of carbonyl (C=O) groups is 2. The molecular weight excluding hydrogens is 414 g/mol. The molecule has 1 aliphatic rings. The number of hydrogen-bond donors (Lipinski definition) is 1. The molecule has 1 N–H and O–H groups in total. The van der Waals surface area contributed by atoms with Crippen LogP contribution < -0.4 is 0 Å². The van der Waals surface area contributed by atoms with Gasteiger partial charge in [0.1, 0.15) is 16.9 Å². The maximum Gasteiger partial charge on any atom is 0.344 e. The van der Waals surface area contributed by atoms with Crippen molar-refractivity contribution in [2.45, 2.75) is 33.3 Å². The zero-order valence-corrected chi connectivity index (χ0v) is 17.9. The van der Waals surface area contributed by atoms with Crippen molar-refractivity contribution in [1.29, 1.82) is 0 Å². The van der Waals surface area contributed by atoms with Crippen LogP contribution in [0, 0.1) is 10.1 Å². The number of nitrogens with zero attached hydrogens (tertiary/aromatic N) is 3. The third-order valence-corrected chi connectivity index (χ3v) is 4.35. The number of amidine groups is 1. The highest BCUT2D eigenvalue weighted by atomic mass is 16.6. The first-order valence-corrected chi connectivity index (χ1v) is 9.67. The van der Waals surface area contributed by atoms with Gasteiger partial charge in [-0.3, -0.25) is 14.9 Å². The molecule has 0 saturated heterocycles. The van der Waals surface area contributed by atoms with Crippen molar-refractivity contribution >= 4 is 29.1 Å². The number of aliphatic imine (C=N–C) groups is 2. The average Bonchev–Trinajstić information content (AvgIpc) is 3.04. The van der Waals surface area contributed by atoms with Crippen LogP contribution in [0.5, 0.6) is 0 Å². The number of nitro groups is 1. The second-order valence-electron chi connectivity index (χ2n) is 8.02. The molecule has 32 heavy (non-hydrogen) atoms. The minimum absolute atomic E-state index is 0.0223. The molecule has 1 heterocycles. The van der Waals surface area contributed by atoms with Gasteiger partial charge < -0.3 is 9.84 Å². The fourth-order valence-corrected chi connectivity index (χ4v) is 3.04. The van der Waals surface area contributed by atoms with Gasteiger partial charge in [-0.1, -0.05) is 30.3 Å². The van der Waals surface area contributed by atoms with E-state index in [9.17, 15) is 24.8 Å². The maximum absolute atomic E-state index is 12.8. The summed E-state index contributed by atoms with van der Waals surface area (Å²) in [6.07, 6.45) is 0. The molecule has 0 radical (unpaired) electrons. The van der Waals surface area contributed by atoms with Gasteiger partial charge in [0.05, 0.1) is 10.6 Å². The molecule has 3 rings (SSSR count). The van der Waals surface area contributed by atoms with Gasteiger partial charge in [0.2, 0.25) is 0 Å². The summed E-state index contributed by atoms with van der Waals surface area (Å²) in [5.74, 6) is -1.77. The fourth-order valence-electron chi connectivity index (χ4n) is 3.04. The van der Waals surface area contributed by atoms with Crippen LogP contribution in [0.1, 0.15) is 49.2 Å². The number of aliphatic hydroxyl groups excluding tert-OH is 1. The first kappa shape index (κ1) is 22.5. The summed E-state index contributed by atoms with van der Waals surface area (Å²) < 4.78 is 5.40. The number of benzene rings is 2. The van der Waals surface area contributed by atoms with Gasteiger partial charge in [0, 0.05) is 28.8 Å². The first-order valence-electron chi connectivity index (χ1n) is 9.67. The Balaban J connectivity index is 2.08. The molecule has 0 atom stereocenters. The minimum atomic E-state index is -0.800. The molecule has 0 aromatic heterocycles. The highest BCUT2D eigenvalue weighted by Crippen LogP contribution is 2.27. The average molecular weight is 435 g/mol. The van der Waals surface area contributed by atoms with E-state index >= 15 is 0 Å². The number of fused-ring (bicyclic) bond motifs is 1. The monoisotopic (exact) mass is 435 g/mol. The van der Waals surface area contributed by atoms with Crippen LogP contribution in [0.15, 0.2) is 69.8 Å². The third kappa shape index (κ3) is 4.77. The lowest BCUT2D eigenvalue weighted by atomic mass is 9.99. The largest absolute Gasteiger partial charge is 0.512 e. The number of nitro benzene ring substituents is 1. The molecule has 1 amide bonds. The molecule has 0 bridgehead atoms. The number of aliphatic hydroxyl groups is 1. The lowest BCUT2D eigenvalue weighted by Gasteiger charge is -2.21. The molecule has 0 aliphatic carbocycles. The van der Waals surface area contributed by atoms with E-state index in [-0.39, 0.29) is 34.1 Å². The van der Waals surface area contributed by atoms with Crippen LogP contribution in [0.2, 0.25) is 0 Å². The van der Waals surface area contributed by atoms with E-state index in [1.807, 2.05) is 0 Å². The highest BCUT2D eigenvalue weighted by molar-refractivity contribution is 6.36. The van der Waals surface area contributed by atoms with E-state index in [0.29, 0.717) is 11.1 Å². The van der Waals surface area contributed by atoms with Crippen LogP contribution in [0.4, 0.5) is 5.69 Å². The van der Waals surface area contributed by atoms with Gasteiger partial charge in [-0.25, -0.2) is 9.79 Å². The second-order valence-corrected chi connectivity index (χ2v) is 8.02. The smallest absolute Gasteiger partial charge is 0.344 e. The summed E-state index contributed by atoms with van der Waals surface area (Å²) >= 11 is 0. The number of hydrogen-bond acceptors (Lipinski definition) is 6.